The number of rotatable bonds is 8. The third-order valence-electron chi connectivity index (χ3n) is 5.83. The highest BCUT2D eigenvalue weighted by molar-refractivity contribution is 8.00. The molecular formula is C27H27N3O4S. The van der Waals surface area contributed by atoms with Crippen molar-refractivity contribution in [1.29, 1.82) is 0 Å². The minimum Gasteiger partial charge on any atom is -0.478 e. The number of carboxylic acids is 1. The molecule has 3 aromatic rings. The van der Waals surface area contributed by atoms with E-state index in [1.165, 1.54) is 29.5 Å². The quantitative estimate of drug-likeness (QED) is 0.464. The van der Waals surface area contributed by atoms with E-state index in [0.717, 1.165) is 24.5 Å². The molecule has 2 amide bonds. The first kappa shape index (κ1) is 24.5. The van der Waals surface area contributed by atoms with E-state index in [9.17, 15) is 19.5 Å². The fourth-order valence-electron chi connectivity index (χ4n) is 3.96. The Morgan fingerprint density at radius 3 is 2.23 bits per heavy atom. The summed E-state index contributed by atoms with van der Waals surface area (Å²) in [5.74, 6) is -1.23. The first-order valence-electron chi connectivity index (χ1n) is 11.4. The molecule has 0 atom stereocenters. The summed E-state index contributed by atoms with van der Waals surface area (Å²) in [7, 11) is 0. The van der Waals surface area contributed by atoms with Crippen molar-refractivity contribution < 1.29 is 19.5 Å². The van der Waals surface area contributed by atoms with Crippen LogP contribution in [-0.2, 0) is 11.3 Å². The van der Waals surface area contributed by atoms with Crippen LogP contribution in [0.5, 0.6) is 0 Å². The zero-order valence-corrected chi connectivity index (χ0v) is 20.0. The first-order valence-corrected chi connectivity index (χ1v) is 12.4. The molecule has 1 saturated heterocycles. The van der Waals surface area contributed by atoms with E-state index in [2.05, 4.69) is 22.3 Å². The smallest absolute Gasteiger partial charge is 0.336 e. The van der Waals surface area contributed by atoms with E-state index in [0.29, 0.717) is 24.5 Å². The predicted molar refractivity (Wildman–Crippen MR) is 137 cm³/mol. The van der Waals surface area contributed by atoms with Gasteiger partial charge in [0.15, 0.2) is 0 Å². The Labute approximate surface area is 208 Å². The second-order valence-corrected chi connectivity index (χ2v) is 9.31. The van der Waals surface area contributed by atoms with Crippen LogP contribution in [0.3, 0.4) is 0 Å². The van der Waals surface area contributed by atoms with Gasteiger partial charge < -0.3 is 15.3 Å². The molecule has 1 aliphatic heterocycles. The highest BCUT2D eigenvalue weighted by Gasteiger charge is 2.21. The van der Waals surface area contributed by atoms with E-state index >= 15 is 0 Å². The lowest BCUT2D eigenvalue weighted by molar-refractivity contribution is -0.130. The summed E-state index contributed by atoms with van der Waals surface area (Å²) in [6.07, 6.45) is 0. The summed E-state index contributed by atoms with van der Waals surface area (Å²) in [6.45, 7) is 4.03. The van der Waals surface area contributed by atoms with Crippen molar-refractivity contribution in [2.75, 3.05) is 37.2 Å². The lowest BCUT2D eigenvalue weighted by Crippen LogP contribution is -2.48. The fourth-order valence-corrected chi connectivity index (χ4v) is 4.82. The average molecular weight is 490 g/mol. The molecule has 7 nitrogen and oxygen atoms in total. The van der Waals surface area contributed by atoms with E-state index in [-0.39, 0.29) is 17.0 Å². The van der Waals surface area contributed by atoms with Crippen LogP contribution in [0, 0.1) is 0 Å². The number of benzene rings is 3. The summed E-state index contributed by atoms with van der Waals surface area (Å²) < 4.78 is 0. The number of amides is 2. The fraction of sp³-hybridized carbons (Fsp3) is 0.222. The maximum absolute atomic E-state index is 12.7. The number of thioether (sulfide) groups is 1. The Hall–Kier alpha value is -3.62. The van der Waals surface area contributed by atoms with Crippen LogP contribution >= 0.6 is 11.8 Å². The average Bonchev–Trinajstić information content (AvgIpc) is 2.88. The molecule has 8 heteroatoms. The number of carbonyl (C=O) groups excluding carboxylic acids is 2. The normalized spacial score (nSPS) is 13.9. The monoisotopic (exact) mass is 489 g/mol. The molecule has 0 bridgehead atoms. The van der Waals surface area contributed by atoms with Crippen LogP contribution in [-0.4, -0.2) is 64.6 Å². The summed E-state index contributed by atoms with van der Waals surface area (Å²) in [5.41, 5.74) is 1.87. The zero-order valence-electron chi connectivity index (χ0n) is 19.2. The molecule has 3 aromatic carbocycles. The number of nitrogens with zero attached hydrogens (tertiary/aromatic N) is 2. The van der Waals surface area contributed by atoms with Gasteiger partial charge >= 0.3 is 5.97 Å². The molecule has 0 aliphatic carbocycles. The van der Waals surface area contributed by atoms with Gasteiger partial charge in [-0.15, -0.1) is 11.8 Å². The molecule has 1 fully saturated rings. The molecule has 1 heterocycles. The maximum Gasteiger partial charge on any atom is 0.336 e. The molecule has 2 N–H and O–H groups in total. The van der Waals surface area contributed by atoms with Gasteiger partial charge in [0.25, 0.3) is 5.91 Å². The summed E-state index contributed by atoms with van der Waals surface area (Å²) >= 11 is 1.42. The topological polar surface area (TPSA) is 89.9 Å². The highest BCUT2D eigenvalue weighted by Crippen LogP contribution is 2.23. The number of carbonyl (C=O) groups is 3. The number of piperazine rings is 1. The summed E-state index contributed by atoms with van der Waals surface area (Å²) in [5, 5.41) is 12.1. The molecule has 0 saturated carbocycles. The molecule has 1 aliphatic rings. The summed E-state index contributed by atoms with van der Waals surface area (Å²) in [4.78, 5) is 41.9. The zero-order chi connectivity index (χ0) is 24.6. The summed E-state index contributed by atoms with van der Waals surface area (Å²) in [6, 6.07) is 23.6. The van der Waals surface area contributed by atoms with Crippen LogP contribution in [0.2, 0.25) is 0 Å². The first-order chi connectivity index (χ1) is 17.0. The molecule has 180 valence electrons. The minimum absolute atomic E-state index is 0.0509. The van der Waals surface area contributed by atoms with Gasteiger partial charge in [0, 0.05) is 43.3 Å². The number of carboxylic acid groups (broad SMARTS) is 1. The molecule has 0 radical (unpaired) electrons. The van der Waals surface area contributed by atoms with E-state index < -0.39 is 11.9 Å². The molecular weight excluding hydrogens is 462 g/mol. The highest BCUT2D eigenvalue weighted by atomic mass is 32.2. The van der Waals surface area contributed by atoms with Gasteiger partial charge in [0.2, 0.25) is 5.91 Å². The number of nitrogens with one attached hydrogen (secondary N) is 1. The van der Waals surface area contributed by atoms with Gasteiger partial charge in [-0.05, 0) is 35.9 Å². The van der Waals surface area contributed by atoms with Crippen LogP contribution in [0.4, 0.5) is 5.69 Å². The van der Waals surface area contributed by atoms with E-state index in [1.54, 1.807) is 30.3 Å². The van der Waals surface area contributed by atoms with Crippen molar-refractivity contribution in [3.63, 3.8) is 0 Å². The van der Waals surface area contributed by atoms with Crippen molar-refractivity contribution in [1.82, 2.24) is 9.80 Å². The third kappa shape index (κ3) is 6.71. The van der Waals surface area contributed by atoms with Gasteiger partial charge in [-0.3, -0.25) is 14.5 Å². The molecule has 35 heavy (non-hydrogen) atoms. The van der Waals surface area contributed by atoms with Crippen LogP contribution < -0.4 is 5.32 Å². The number of hydrogen-bond donors (Lipinski definition) is 2. The van der Waals surface area contributed by atoms with Crippen molar-refractivity contribution in [3.8, 4) is 0 Å². The molecule has 0 spiro atoms. The molecule has 0 unspecified atom stereocenters. The Morgan fingerprint density at radius 1 is 0.829 bits per heavy atom. The number of anilines is 1. The number of hydrogen-bond acceptors (Lipinski definition) is 5. The SMILES string of the molecule is O=C(O)c1ccccc1C(=O)Nc1cccc(SCC(=O)N2CCN(Cc3ccccc3)CC2)c1. The minimum atomic E-state index is -1.15. The van der Waals surface area contributed by atoms with Crippen molar-refractivity contribution in [2.45, 2.75) is 11.4 Å². The largest absolute Gasteiger partial charge is 0.478 e. The van der Waals surface area contributed by atoms with Gasteiger partial charge in [0.05, 0.1) is 16.9 Å². The molecule has 0 aromatic heterocycles. The van der Waals surface area contributed by atoms with Crippen molar-refractivity contribution >= 4 is 35.2 Å². The van der Waals surface area contributed by atoms with Crippen molar-refractivity contribution in [3.05, 3.63) is 95.6 Å². The Kier molecular flexibility index (Phi) is 8.18. The Morgan fingerprint density at radius 2 is 1.51 bits per heavy atom. The van der Waals surface area contributed by atoms with Gasteiger partial charge in [0.1, 0.15) is 0 Å². The van der Waals surface area contributed by atoms with E-state index in [4.69, 9.17) is 0 Å². The van der Waals surface area contributed by atoms with Gasteiger partial charge in [-0.25, -0.2) is 4.79 Å². The second-order valence-electron chi connectivity index (χ2n) is 8.26. The van der Waals surface area contributed by atoms with Crippen LogP contribution in [0.25, 0.3) is 0 Å². The number of aromatic carboxylic acids is 1. The van der Waals surface area contributed by atoms with E-state index in [1.807, 2.05) is 29.2 Å². The standard InChI is InChI=1S/C27H27N3O4S/c31-25(30-15-13-29(14-16-30)18-20-7-2-1-3-8-20)19-35-22-10-6-9-21(17-22)28-26(32)23-11-4-5-12-24(23)27(33)34/h1-12,17H,13-16,18-19H2,(H,28,32)(H,33,34). The molecule has 4 rings (SSSR count). The Bertz CT molecular complexity index is 1190. The Balaban J connectivity index is 1.27. The van der Waals surface area contributed by atoms with Crippen molar-refractivity contribution in [2.24, 2.45) is 0 Å². The second kappa shape index (κ2) is 11.7. The maximum atomic E-state index is 12.7. The van der Waals surface area contributed by atoms with Crippen LogP contribution in [0.1, 0.15) is 26.3 Å². The van der Waals surface area contributed by atoms with Gasteiger partial charge in [-0.1, -0.05) is 48.5 Å². The van der Waals surface area contributed by atoms with Gasteiger partial charge in [-0.2, -0.15) is 0 Å². The predicted octanol–water partition coefficient (Wildman–Crippen LogP) is 4.07. The third-order valence-corrected chi connectivity index (χ3v) is 6.81. The lowest BCUT2D eigenvalue weighted by atomic mass is 10.1. The van der Waals surface area contributed by atoms with Crippen LogP contribution in [0.15, 0.2) is 83.8 Å². The lowest BCUT2D eigenvalue weighted by Gasteiger charge is -2.34.